The van der Waals surface area contributed by atoms with E-state index in [1.807, 2.05) is 81.5 Å². The van der Waals surface area contributed by atoms with Gasteiger partial charge >= 0.3 is 6.02 Å². The van der Waals surface area contributed by atoms with E-state index in [-0.39, 0.29) is 17.7 Å². The molecule has 1 aliphatic heterocycles. The van der Waals surface area contributed by atoms with Crippen LogP contribution in [-0.4, -0.2) is 37.5 Å². The van der Waals surface area contributed by atoms with Gasteiger partial charge in [0.2, 0.25) is 0 Å². The minimum Gasteiger partial charge on any atom is -0.419 e. The largest absolute Gasteiger partial charge is 0.419 e. The molecule has 1 amide bonds. The molecule has 0 aromatic heterocycles. The Morgan fingerprint density at radius 3 is 2.08 bits per heavy atom. The Bertz CT molecular complexity index is 1530. The van der Waals surface area contributed by atoms with Crippen LogP contribution in [0.2, 0.25) is 0 Å². The smallest absolute Gasteiger partial charge is 0.305 e. The van der Waals surface area contributed by atoms with E-state index in [0.29, 0.717) is 22.3 Å². The van der Waals surface area contributed by atoms with Gasteiger partial charge in [-0.1, -0.05) is 66.1 Å². The fourth-order valence-corrected chi connectivity index (χ4v) is 5.09. The first-order chi connectivity index (χ1) is 19.0. The number of benzene rings is 4. The van der Waals surface area contributed by atoms with Gasteiger partial charge in [-0.05, 0) is 70.9 Å². The van der Waals surface area contributed by atoms with Crippen LogP contribution in [0.5, 0.6) is 0 Å². The fourth-order valence-electron chi connectivity index (χ4n) is 4.41. The number of anilines is 3. The first-order valence-corrected chi connectivity index (χ1v) is 13.3. The number of aliphatic imine (C=N–C) groups is 1. The van der Waals surface area contributed by atoms with Crippen molar-refractivity contribution >= 4 is 76.3 Å². The summed E-state index contributed by atoms with van der Waals surface area (Å²) in [4.78, 5) is 33.0. The maximum absolute atomic E-state index is 13.1. The number of nitrogens with zero attached hydrogens (tertiary/aromatic N) is 3. The topological polar surface area (TPSA) is 62.2 Å². The quantitative estimate of drug-likeness (QED) is 0.156. The third-order valence-electron chi connectivity index (χ3n) is 6.25. The summed E-state index contributed by atoms with van der Waals surface area (Å²) < 4.78 is 6.58. The number of para-hydroxylation sites is 2. The van der Waals surface area contributed by atoms with Gasteiger partial charge in [-0.2, -0.15) is 4.99 Å². The number of hydrogen-bond donors (Lipinski definition) is 0. The molecule has 4 aromatic rings. The predicted octanol–water partition coefficient (Wildman–Crippen LogP) is 5.90. The Kier molecular flexibility index (Phi) is 7.75. The molecule has 0 radical (unpaired) electrons. The normalized spacial score (nSPS) is 15.0. The zero-order valence-corrected chi connectivity index (χ0v) is 23.1. The second kappa shape index (κ2) is 11.5. The highest BCUT2D eigenvalue weighted by atomic mass is 79.9. The maximum atomic E-state index is 13.1. The Balaban J connectivity index is 1.46. The van der Waals surface area contributed by atoms with Crippen LogP contribution < -0.4 is 10.4 Å². The van der Waals surface area contributed by atoms with Gasteiger partial charge in [0.25, 0.3) is 5.91 Å². The molecule has 192 valence electrons. The molecular weight excluding hydrogens is 553 g/mol. The van der Waals surface area contributed by atoms with E-state index in [2.05, 4.69) is 50.1 Å². The van der Waals surface area contributed by atoms with E-state index < -0.39 is 0 Å². The van der Waals surface area contributed by atoms with E-state index in [0.717, 1.165) is 34.4 Å². The lowest BCUT2D eigenvalue weighted by molar-refractivity contribution is -0.122. The average Bonchev–Trinajstić information content (AvgIpc) is 3.25. The summed E-state index contributed by atoms with van der Waals surface area (Å²) in [6.45, 7) is 2.22. The number of carbonyl (C=O) groups excluding carboxylic acids is 2. The molecule has 1 heterocycles. The molecule has 6 nitrogen and oxygen atoms in total. The number of hydrogen-bond acceptors (Lipinski definition) is 5. The van der Waals surface area contributed by atoms with Gasteiger partial charge in [-0.3, -0.25) is 14.5 Å². The molecule has 0 unspecified atom stereocenters. The number of amides is 1. The minimum atomic E-state index is -0.286. The molecule has 1 saturated heterocycles. The van der Waals surface area contributed by atoms with Crippen LogP contribution in [-0.2, 0) is 9.53 Å². The van der Waals surface area contributed by atoms with Crippen molar-refractivity contribution in [3.8, 4) is 0 Å². The second-order valence-corrected chi connectivity index (χ2v) is 9.81. The third kappa shape index (κ3) is 5.56. The summed E-state index contributed by atoms with van der Waals surface area (Å²) in [5.41, 5.74) is 5.63. The van der Waals surface area contributed by atoms with Crippen LogP contribution >= 0.6 is 15.9 Å². The van der Waals surface area contributed by atoms with Crippen molar-refractivity contribution in [3.63, 3.8) is 0 Å². The molecule has 0 N–H and O–H groups in total. The van der Waals surface area contributed by atoms with Gasteiger partial charge in [0.05, 0.1) is 5.69 Å². The minimum absolute atomic E-state index is 0.136. The highest BCUT2D eigenvalue weighted by Gasteiger charge is 2.34. The van der Waals surface area contributed by atoms with Crippen molar-refractivity contribution in [1.82, 2.24) is 4.90 Å². The SMILES string of the molecule is Bc1cc(Br)c(/N=C2/O/C(=C/c3ccc(N(c4ccccc4)c4ccccc4)cc3)C(=O)N2CC)c(C=O)c1. The van der Waals surface area contributed by atoms with Crippen LogP contribution in [0.15, 0.2) is 112 Å². The summed E-state index contributed by atoms with van der Waals surface area (Å²) in [7, 11) is 1.90. The average molecular weight is 578 g/mol. The molecule has 4 aromatic carbocycles. The molecule has 5 rings (SSSR count). The Hall–Kier alpha value is -4.43. The zero-order chi connectivity index (χ0) is 27.4. The molecule has 1 aliphatic rings. The van der Waals surface area contributed by atoms with Crippen molar-refractivity contribution in [2.75, 3.05) is 11.4 Å². The zero-order valence-electron chi connectivity index (χ0n) is 21.5. The lowest BCUT2D eigenvalue weighted by Gasteiger charge is -2.25. The van der Waals surface area contributed by atoms with Crippen molar-refractivity contribution < 1.29 is 14.3 Å². The van der Waals surface area contributed by atoms with Gasteiger partial charge in [0.15, 0.2) is 12.0 Å². The molecular formula is C31H25BBrN3O3. The van der Waals surface area contributed by atoms with Crippen LogP contribution in [0.1, 0.15) is 22.8 Å². The van der Waals surface area contributed by atoms with Gasteiger partial charge in [-0.15, -0.1) is 0 Å². The Labute approximate surface area is 236 Å². The van der Waals surface area contributed by atoms with Crippen molar-refractivity contribution in [1.29, 1.82) is 0 Å². The maximum Gasteiger partial charge on any atom is 0.305 e. The third-order valence-corrected chi connectivity index (χ3v) is 6.86. The van der Waals surface area contributed by atoms with Crippen LogP contribution in [0.4, 0.5) is 22.7 Å². The first-order valence-electron chi connectivity index (χ1n) is 12.5. The Morgan fingerprint density at radius 2 is 1.51 bits per heavy atom. The van der Waals surface area contributed by atoms with Crippen LogP contribution in [0, 0.1) is 0 Å². The highest BCUT2D eigenvalue weighted by Crippen LogP contribution is 2.35. The molecule has 0 aliphatic carbocycles. The van der Waals surface area contributed by atoms with Gasteiger partial charge < -0.3 is 9.64 Å². The van der Waals surface area contributed by atoms with Gasteiger partial charge in [0, 0.05) is 33.6 Å². The van der Waals surface area contributed by atoms with E-state index in [1.165, 1.54) is 4.90 Å². The second-order valence-electron chi connectivity index (χ2n) is 8.95. The van der Waals surface area contributed by atoms with Crippen LogP contribution in [0.3, 0.4) is 0 Å². The number of amidine groups is 1. The summed E-state index contributed by atoms with van der Waals surface area (Å²) >= 11 is 3.48. The number of halogens is 1. The van der Waals surface area contributed by atoms with Crippen molar-refractivity contribution in [3.05, 3.63) is 118 Å². The van der Waals surface area contributed by atoms with Crippen LogP contribution in [0.25, 0.3) is 6.08 Å². The molecule has 8 heteroatoms. The number of rotatable bonds is 7. The lowest BCUT2D eigenvalue weighted by atomic mass is 9.94. The molecule has 0 bridgehead atoms. The lowest BCUT2D eigenvalue weighted by Crippen LogP contribution is -2.29. The summed E-state index contributed by atoms with van der Waals surface area (Å²) in [6.07, 6.45) is 2.45. The van der Waals surface area contributed by atoms with E-state index in [1.54, 1.807) is 12.1 Å². The van der Waals surface area contributed by atoms with Gasteiger partial charge in [-0.25, -0.2) is 0 Å². The standard InChI is InChI=1S/C31H25BBrN3O3/c1-2-35-30(38)28(39-31(35)34-29-22(20-37)18-23(32)19-27(29)33)17-21-13-15-26(16-14-21)36(24-9-5-3-6-10-24)25-11-7-4-8-12-25/h3-20H,2,32H2,1H3/b28-17+,34-31+. The van der Waals surface area contributed by atoms with Crippen molar-refractivity contribution in [2.45, 2.75) is 6.92 Å². The first kappa shape index (κ1) is 26.2. The number of likely N-dealkylation sites (N-methyl/N-ethyl adjacent to an activating group) is 1. The van der Waals surface area contributed by atoms with E-state index in [9.17, 15) is 9.59 Å². The fraction of sp³-hybridized carbons (Fsp3) is 0.0645. The highest BCUT2D eigenvalue weighted by molar-refractivity contribution is 9.10. The van der Waals surface area contributed by atoms with E-state index in [4.69, 9.17) is 4.74 Å². The summed E-state index contributed by atoms with van der Waals surface area (Å²) in [6, 6.07) is 32.0. The Morgan fingerprint density at radius 1 is 0.923 bits per heavy atom. The molecule has 1 fully saturated rings. The number of ether oxygens (including phenoxy) is 1. The number of carbonyl (C=O) groups is 2. The summed E-state index contributed by atoms with van der Waals surface area (Å²) in [5, 5.41) is 0. The summed E-state index contributed by atoms with van der Waals surface area (Å²) in [5.74, 6) is -0.117. The molecule has 0 atom stereocenters. The predicted molar refractivity (Wildman–Crippen MR) is 162 cm³/mol. The molecule has 0 spiro atoms. The van der Waals surface area contributed by atoms with Crippen molar-refractivity contribution in [2.24, 2.45) is 4.99 Å². The monoisotopic (exact) mass is 577 g/mol. The number of aldehydes is 1. The van der Waals surface area contributed by atoms with Gasteiger partial charge in [0.1, 0.15) is 7.85 Å². The van der Waals surface area contributed by atoms with E-state index >= 15 is 0 Å². The molecule has 0 saturated carbocycles. The molecule has 39 heavy (non-hydrogen) atoms.